The van der Waals surface area contributed by atoms with E-state index >= 15 is 0 Å². The van der Waals surface area contributed by atoms with Crippen LogP contribution in [0.2, 0.25) is 0 Å². The molecule has 1 heterocycles. The molecule has 0 aliphatic carbocycles. The highest BCUT2D eigenvalue weighted by Gasteiger charge is 2.09. The first kappa shape index (κ1) is 17.9. The maximum absolute atomic E-state index is 12.1. The highest BCUT2D eigenvalue weighted by molar-refractivity contribution is 7.71. The number of aryl methyl sites for hydroxylation is 1. The van der Waals surface area contributed by atoms with Crippen molar-refractivity contribution in [3.05, 3.63) is 40.4 Å². The smallest absolute Gasteiger partial charge is 0.240 e. The summed E-state index contributed by atoms with van der Waals surface area (Å²) in [6.07, 6.45) is 1.70. The minimum absolute atomic E-state index is 0.115. The molecule has 0 saturated heterocycles. The predicted octanol–water partition coefficient (Wildman–Crippen LogP) is 2.17. The second kappa shape index (κ2) is 8.39. The second-order valence-electron chi connectivity index (χ2n) is 5.44. The van der Waals surface area contributed by atoms with Gasteiger partial charge in [0.25, 0.3) is 0 Å². The molecule has 2 amide bonds. The quantitative estimate of drug-likeness (QED) is 0.669. The molecule has 128 valence electrons. The zero-order valence-electron chi connectivity index (χ0n) is 13.8. The summed E-state index contributed by atoms with van der Waals surface area (Å²) in [6, 6.07) is 7.32. The van der Waals surface area contributed by atoms with Crippen molar-refractivity contribution in [3.8, 4) is 0 Å². The lowest BCUT2D eigenvalue weighted by Crippen LogP contribution is -2.27. The summed E-state index contributed by atoms with van der Waals surface area (Å²) >= 11 is 5.16. The van der Waals surface area contributed by atoms with Gasteiger partial charge in [0.2, 0.25) is 11.8 Å². The number of benzene rings is 1. The number of carbonyl (C=O) groups is 2. The summed E-state index contributed by atoms with van der Waals surface area (Å²) in [6.45, 7) is 4.07. The lowest BCUT2D eigenvalue weighted by atomic mass is 10.2. The van der Waals surface area contributed by atoms with Crippen molar-refractivity contribution in [3.63, 3.8) is 0 Å². The molecule has 1 aromatic carbocycles. The van der Waals surface area contributed by atoms with Crippen molar-refractivity contribution in [1.29, 1.82) is 0 Å². The van der Waals surface area contributed by atoms with E-state index in [4.69, 9.17) is 12.2 Å². The molecule has 0 bridgehead atoms. The second-order valence-corrected chi connectivity index (χ2v) is 5.82. The molecule has 0 radical (unpaired) electrons. The Labute approximate surface area is 145 Å². The number of amides is 2. The molecule has 0 saturated carbocycles. The molecule has 0 unspecified atom stereocenters. The molecule has 0 aliphatic rings. The Balaban J connectivity index is 1.90. The number of nitrogens with one attached hydrogen (secondary N) is 3. The summed E-state index contributed by atoms with van der Waals surface area (Å²) in [7, 11) is 0. The van der Waals surface area contributed by atoms with Crippen LogP contribution >= 0.6 is 12.2 Å². The highest BCUT2D eigenvalue weighted by atomic mass is 32.1. The molecule has 24 heavy (non-hydrogen) atoms. The van der Waals surface area contributed by atoms with E-state index in [0.717, 1.165) is 29.9 Å². The number of hydrogen-bond acceptors (Lipinski definition) is 4. The Hall–Kier alpha value is -2.48. The Bertz CT molecular complexity index is 764. The predicted molar refractivity (Wildman–Crippen MR) is 94.0 cm³/mol. The fraction of sp³-hybridized carbons (Fsp3) is 0.375. The average Bonchev–Trinajstić information content (AvgIpc) is 2.87. The van der Waals surface area contributed by atoms with Gasteiger partial charge in [-0.2, -0.15) is 5.10 Å². The first-order valence-corrected chi connectivity index (χ1v) is 8.17. The molecule has 0 atom stereocenters. The number of nitrogens with zero attached hydrogens (tertiary/aromatic N) is 2. The van der Waals surface area contributed by atoms with Crippen molar-refractivity contribution in [2.75, 3.05) is 5.32 Å². The zero-order valence-corrected chi connectivity index (χ0v) is 14.6. The Morgan fingerprint density at radius 2 is 2.00 bits per heavy atom. The van der Waals surface area contributed by atoms with Crippen LogP contribution < -0.4 is 10.6 Å². The van der Waals surface area contributed by atoms with Gasteiger partial charge in [-0.05, 0) is 36.3 Å². The third kappa shape index (κ3) is 5.02. The molecule has 8 heteroatoms. The molecular weight excluding hydrogens is 326 g/mol. The molecule has 2 aromatic rings. The SMILES string of the molecule is CCCc1n[nH]c(=S)n1CC(=O)NCc1ccc(NC(C)=O)cc1. The van der Waals surface area contributed by atoms with Gasteiger partial charge in [-0.15, -0.1) is 0 Å². The van der Waals surface area contributed by atoms with Crippen LogP contribution in [0.25, 0.3) is 0 Å². The molecule has 1 aromatic heterocycles. The van der Waals surface area contributed by atoms with E-state index in [1.807, 2.05) is 19.1 Å². The van der Waals surface area contributed by atoms with Gasteiger partial charge in [0.05, 0.1) is 0 Å². The summed E-state index contributed by atoms with van der Waals surface area (Å²) in [5.74, 6) is 0.545. The van der Waals surface area contributed by atoms with E-state index in [1.165, 1.54) is 6.92 Å². The monoisotopic (exact) mass is 347 g/mol. The number of hydrogen-bond donors (Lipinski definition) is 3. The summed E-state index contributed by atoms with van der Waals surface area (Å²) in [5.41, 5.74) is 1.67. The first-order chi connectivity index (χ1) is 11.5. The number of aromatic nitrogens is 3. The van der Waals surface area contributed by atoms with E-state index in [1.54, 1.807) is 16.7 Å². The molecule has 0 spiro atoms. The van der Waals surface area contributed by atoms with Crippen LogP contribution in [0, 0.1) is 4.77 Å². The van der Waals surface area contributed by atoms with Gasteiger partial charge >= 0.3 is 0 Å². The van der Waals surface area contributed by atoms with Crippen LogP contribution in [0.3, 0.4) is 0 Å². The third-order valence-corrected chi connectivity index (χ3v) is 3.69. The minimum atomic E-state index is -0.129. The van der Waals surface area contributed by atoms with E-state index < -0.39 is 0 Å². The fourth-order valence-corrected chi connectivity index (χ4v) is 2.45. The lowest BCUT2D eigenvalue weighted by Gasteiger charge is -2.09. The number of H-pyrrole nitrogens is 1. The maximum atomic E-state index is 12.1. The Morgan fingerprint density at radius 1 is 1.29 bits per heavy atom. The highest BCUT2D eigenvalue weighted by Crippen LogP contribution is 2.09. The zero-order chi connectivity index (χ0) is 17.5. The van der Waals surface area contributed by atoms with Crippen molar-refractivity contribution in [2.24, 2.45) is 0 Å². The van der Waals surface area contributed by atoms with Crippen molar-refractivity contribution in [1.82, 2.24) is 20.1 Å². The van der Waals surface area contributed by atoms with E-state index in [0.29, 0.717) is 11.3 Å². The van der Waals surface area contributed by atoms with Crippen LogP contribution in [0.4, 0.5) is 5.69 Å². The molecule has 3 N–H and O–H groups in total. The maximum Gasteiger partial charge on any atom is 0.240 e. The van der Waals surface area contributed by atoms with E-state index in [-0.39, 0.29) is 18.4 Å². The fourth-order valence-electron chi connectivity index (χ4n) is 2.24. The number of rotatable bonds is 7. The summed E-state index contributed by atoms with van der Waals surface area (Å²) in [4.78, 5) is 23.1. The Morgan fingerprint density at radius 3 is 2.62 bits per heavy atom. The van der Waals surface area contributed by atoms with Gasteiger partial charge in [0, 0.05) is 25.6 Å². The van der Waals surface area contributed by atoms with Gasteiger partial charge in [0.15, 0.2) is 4.77 Å². The number of aromatic amines is 1. The number of anilines is 1. The van der Waals surface area contributed by atoms with Crippen LogP contribution in [-0.4, -0.2) is 26.6 Å². The summed E-state index contributed by atoms with van der Waals surface area (Å²) in [5, 5.41) is 12.4. The van der Waals surface area contributed by atoms with Gasteiger partial charge in [-0.25, -0.2) is 0 Å². The molecule has 2 rings (SSSR count). The van der Waals surface area contributed by atoms with Crippen LogP contribution in [0.15, 0.2) is 24.3 Å². The topological polar surface area (TPSA) is 91.8 Å². The van der Waals surface area contributed by atoms with E-state index in [9.17, 15) is 9.59 Å². The van der Waals surface area contributed by atoms with Crippen LogP contribution in [0.5, 0.6) is 0 Å². The van der Waals surface area contributed by atoms with Gasteiger partial charge in [0.1, 0.15) is 12.4 Å². The van der Waals surface area contributed by atoms with Crippen molar-refractivity contribution < 1.29 is 9.59 Å². The Kier molecular flexibility index (Phi) is 6.25. The average molecular weight is 347 g/mol. The molecular formula is C16H21N5O2S. The van der Waals surface area contributed by atoms with Crippen molar-refractivity contribution >= 4 is 29.7 Å². The first-order valence-electron chi connectivity index (χ1n) is 7.77. The lowest BCUT2D eigenvalue weighted by molar-refractivity contribution is -0.122. The minimum Gasteiger partial charge on any atom is -0.350 e. The third-order valence-electron chi connectivity index (χ3n) is 3.38. The molecule has 0 aliphatic heterocycles. The largest absolute Gasteiger partial charge is 0.350 e. The van der Waals surface area contributed by atoms with Gasteiger partial charge in [-0.1, -0.05) is 19.1 Å². The van der Waals surface area contributed by atoms with Crippen LogP contribution in [-0.2, 0) is 29.1 Å². The van der Waals surface area contributed by atoms with Crippen LogP contribution in [0.1, 0.15) is 31.7 Å². The standard InChI is InChI=1S/C16H21N5O2S/c1-3-4-14-19-20-16(24)21(14)10-15(23)17-9-12-5-7-13(8-6-12)18-11(2)22/h5-8H,3-4,9-10H2,1-2H3,(H,17,23)(H,18,22)(H,20,24). The molecule has 7 nitrogen and oxygen atoms in total. The van der Waals surface area contributed by atoms with Gasteiger partial charge < -0.3 is 10.6 Å². The summed E-state index contributed by atoms with van der Waals surface area (Å²) < 4.78 is 2.17. The van der Waals surface area contributed by atoms with Crippen molar-refractivity contribution in [2.45, 2.75) is 39.8 Å². The molecule has 0 fully saturated rings. The normalized spacial score (nSPS) is 10.4. The number of carbonyl (C=O) groups excluding carboxylic acids is 2. The van der Waals surface area contributed by atoms with E-state index in [2.05, 4.69) is 20.8 Å². The van der Waals surface area contributed by atoms with Gasteiger partial charge in [-0.3, -0.25) is 19.3 Å².